The lowest BCUT2D eigenvalue weighted by molar-refractivity contribution is 0.557. The van der Waals surface area contributed by atoms with Crippen LogP contribution in [-0.2, 0) is 0 Å². The van der Waals surface area contributed by atoms with Crippen LogP contribution in [0.25, 0.3) is 32.7 Å². The van der Waals surface area contributed by atoms with E-state index in [9.17, 15) is 0 Å². The zero-order valence-corrected chi connectivity index (χ0v) is 16.7. The number of hydrogen-bond acceptors (Lipinski definition) is 2. The highest BCUT2D eigenvalue weighted by Crippen LogP contribution is 2.44. The Hall–Kier alpha value is -3.62. The number of aliphatic imine (C=N–C) groups is 1. The number of rotatable bonds is 1. The fourth-order valence-electron chi connectivity index (χ4n) is 4.09. The molecule has 3 heteroatoms. The van der Waals surface area contributed by atoms with Crippen LogP contribution in [-0.4, -0.2) is 5.90 Å². The van der Waals surface area contributed by atoms with Crippen LogP contribution in [0.5, 0.6) is 5.75 Å². The monoisotopic (exact) mass is 405 g/mol. The van der Waals surface area contributed by atoms with E-state index in [-0.39, 0.29) is 0 Å². The average Bonchev–Trinajstić information content (AvgIpc) is 2.95. The van der Waals surface area contributed by atoms with E-state index >= 15 is 0 Å². The number of benzene rings is 5. The van der Waals surface area contributed by atoms with Gasteiger partial charge in [0.1, 0.15) is 5.75 Å². The van der Waals surface area contributed by atoms with Gasteiger partial charge in [-0.3, -0.25) is 0 Å². The minimum absolute atomic E-state index is 0.568. The maximum Gasteiger partial charge on any atom is 0.227 e. The molecule has 0 bridgehead atoms. The largest absolute Gasteiger partial charge is 0.438 e. The van der Waals surface area contributed by atoms with Crippen LogP contribution >= 0.6 is 11.6 Å². The summed E-state index contributed by atoms with van der Waals surface area (Å²) in [7, 11) is 0. The molecule has 30 heavy (non-hydrogen) atoms. The summed E-state index contributed by atoms with van der Waals surface area (Å²) in [6.45, 7) is 0. The summed E-state index contributed by atoms with van der Waals surface area (Å²) in [5, 5.41) is 5.49. The Morgan fingerprint density at radius 1 is 0.667 bits per heavy atom. The molecule has 0 amide bonds. The third-order valence-corrected chi connectivity index (χ3v) is 5.79. The van der Waals surface area contributed by atoms with Crippen molar-refractivity contribution >= 4 is 44.7 Å². The third kappa shape index (κ3) is 2.77. The van der Waals surface area contributed by atoms with E-state index in [1.54, 1.807) is 0 Å². The summed E-state index contributed by atoms with van der Waals surface area (Å²) >= 11 is 6.08. The molecule has 5 aromatic carbocycles. The van der Waals surface area contributed by atoms with Crippen molar-refractivity contribution in [3.05, 3.63) is 108 Å². The molecule has 0 saturated carbocycles. The summed E-state index contributed by atoms with van der Waals surface area (Å²) in [6.07, 6.45) is 0. The molecule has 1 aliphatic heterocycles. The molecule has 5 aromatic rings. The highest BCUT2D eigenvalue weighted by molar-refractivity contribution is 6.30. The minimum atomic E-state index is 0.568. The van der Waals surface area contributed by atoms with Gasteiger partial charge in [0.15, 0.2) is 0 Å². The van der Waals surface area contributed by atoms with Gasteiger partial charge in [-0.2, -0.15) is 0 Å². The second-order valence-electron chi connectivity index (χ2n) is 7.40. The topological polar surface area (TPSA) is 21.6 Å². The van der Waals surface area contributed by atoms with Crippen LogP contribution in [0.15, 0.2) is 102 Å². The van der Waals surface area contributed by atoms with Gasteiger partial charge < -0.3 is 4.74 Å². The number of halogens is 1. The second kappa shape index (κ2) is 6.72. The van der Waals surface area contributed by atoms with Gasteiger partial charge >= 0.3 is 0 Å². The molecule has 0 N–H and O–H groups in total. The lowest BCUT2D eigenvalue weighted by Gasteiger charge is -2.12. The van der Waals surface area contributed by atoms with Gasteiger partial charge in [0.05, 0.1) is 5.69 Å². The number of para-hydroxylation sites is 1. The molecule has 0 radical (unpaired) electrons. The van der Waals surface area contributed by atoms with Crippen molar-refractivity contribution in [1.29, 1.82) is 0 Å². The van der Waals surface area contributed by atoms with Crippen LogP contribution in [0.2, 0.25) is 5.02 Å². The molecule has 0 spiro atoms. The lowest BCUT2D eigenvalue weighted by atomic mass is 9.94. The molecule has 6 rings (SSSR count). The minimum Gasteiger partial charge on any atom is -0.438 e. The van der Waals surface area contributed by atoms with E-state index < -0.39 is 0 Å². The van der Waals surface area contributed by atoms with Crippen molar-refractivity contribution in [2.75, 3.05) is 0 Å². The summed E-state index contributed by atoms with van der Waals surface area (Å²) in [5.74, 6) is 1.36. The molecule has 0 aromatic heterocycles. The fourth-order valence-corrected chi connectivity index (χ4v) is 4.22. The van der Waals surface area contributed by atoms with Gasteiger partial charge in [0.25, 0.3) is 0 Å². The highest BCUT2D eigenvalue weighted by Gasteiger charge is 2.21. The van der Waals surface area contributed by atoms with Crippen LogP contribution in [0, 0.1) is 0 Å². The van der Waals surface area contributed by atoms with Crippen molar-refractivity contribution in [3.63, 3.8) is 0 Å². The predicted molar refractivity (Wildman–Crippen MR) is 125 cm³/mol. The van der Waals surface area contributed by atoms with Crippen molar-refractivity contribution in [3.8, 4) is 16.9 Å². The first-order chi connectivity index (χ1) is 14.8. The van der Waals surface area contributed by atoms with Gasteiger partial charge in [-0.25, -0.2) is 4.99 Å². The predicted octanol–water partition coefficient (Wildman–Crippen LogP) is 7.78. The van der Waals surface area contributed by atoms with Crippen LogP contribution < -0.4 is 4.74 Å². The lowest BCUT2D eigenvalue weighted by Crippen LogP contribution is -2.09. The molecule has 0 atom stereocenters. The van der Waals surface area contributed by atoms with Crippen LogP contribution in [0.4, 0.5) is 5.69 Å². The molecule has 0 aliphatic carbocycles. The van der Waals surface area contributed by atoms with Crippen LogP contribution in [0.3, 0.4) is 0 Å². The molecule has 142 valence electrons. The zero-order chi connectivity index (χ0) is 20.1. The normalized spacial score (nSPS) is 12.6. The van der Waals surface area contributed by atoms with Crippen LogP contribution in [0.1, 0.15) is 5.56 Å². The maximum absolute atomic E-state index is 6.31. The van der Waals surface area contributed by atoms with E-state index in [2.05, 4.69) is 54.6 Å². The van der Waals surface area contributed by atoms with E-state index in [1.165, 1.54) is 21.5 Å². The summed E-state index contributed by atoms with van der Waals surface area (Å²) < 4.78 is 6.31. The van der Waals surface area contributed by atoms with Gasteiger partial charge in [0, 0.05) is 21.7 Å². The second-order valence-corrected chi connectivity index (χ2v) is 7.84. The smallest absolute Gasteiger partial charge is 0.227 e. The molecular formula is C27H16ClNO. The molecule has 0 saturated heterocycles. The molecule has 2 nitrogen and oxygen atoms in total. The Kier molecular flexibility index (Phi) is 3.87. The molecular weight excluding hydrogens is 390 g/mol. The van der Waals surface area contributed by atoms with Crippen molar-refractivity contribution in [2.45, 2.75) is 0 Å². The van der Waals surface area contributed by atoms with Gasteiger partial charge in [-0.15, -0.1) is 0 Å². The first-order valence-electron chi connectivity index (χ1n) is 9.84. The summed E-state index contributed by atoms with van der Waals surface area (Å²) in [4.78, 5) is 4.94. The number of nitrogens with zero attached hydrogens (tertiary/aromatic N) is 1. The third-order valence-electron chi connectivity index (χ3n) is 5.54. The summed E-state index contributed by atoms with van der Waals surface area (Å²) in [5.41, 5.74) is 3.92. The number of ether oxygens (including phenoxy) is 1. The summed E-state index contributed by atoms with van der Waals surface area (Å²) in [6, 6.07) is 32.9. The van der Waals surface area contributed by atoms with Crippen molar-refractivity contribution in [1.82, 2.24) is 0 Å². The van der Waals surface area contributed by atoms with Crippen molar-refractivity contribution in [2.24, 2.45) is 4.99 Å². The standard InChI is InChI=1S/C27H16ClNO/c28-21-12-9-17(10-13-21)27-29-24-14-11-20-15-18-5-1-2-6-19(18)16-23(20)26(24)22-7-3-4-8-25(22)30-27/h1-16H. The first-order valence-corrected chi connectivity index (χ1v) is 10.2. The first kappa shape index (κ1) is 17.3. The molecule has 1 aliphatic rings. The fraction of sp³-hybridized carbons (Fsp3) is 0. The van der Waals surface area contributed by atoms with Gasteiger partial charge in [0.2, 0.25) is 5.90 Å². The van der Waals surface area contributed by atoms with Gasteiger partial charge in [-0.1, -0.05) is 60.1 Å². The van der Waals surface area contributed by atoms with E-state index in [0.717, 1.165) is 28.1 Å². The Labute approximate surface area is 179 Å². The molecule has 0 unspecified atom stereocenters. The van der Waals surface area contributed by atoms with E-state index in [0.29, 0.717) is 10.9 Å². The molecule has 1 heterocycles. The van der Waals surface area contributed by atoms with Crippen molar-refractivity contribution < 1.29 is 4.74 Å². The average molecular weight is 406 g/mol. The Morgan fingerprint density at radius 3 is 2.23 bits per heavy atom. The number of hydrogen-bond donors (Lipinski definition) is 0. The number of fused-ring (bicyclic) bond motifs is 6. The quantitative estimate of drug-likeness (QED) is 0.261. The molecule has 0 fully saturated rings. The highest BCUT2D eigenvalue weighted by atomic mass is 35.5. The van der Waals surface area contributed by atoms with Gasteiger partial charge in [-0.05, 0) is 70.1 Å². The SMILES string of the molecule is Clc1ccc(C2=Nc3ccc4cc5ccccc5cc4c3-c3ccccc3O2)cc1. The zero-order valence-electron chi connectivity index (χ0n) is 16.0. The van der Waals surface area contributed by atoms with E-state index in [4.69, 9.17) is 21.3 Å². The maximum atomic E-state index is 6.31. The van der Waals surface area contributed by atoms with E-state index in [1.807, 2.05) is 42.5 Å². The Bertz CT molecular complexity index is 1470. The Morgan fingerprint density at radius 2 is 1.40 bits per heavy atom. The Balaban J connectivity index is 1.68.